The average molecular weight is 242 g/mol. The molecule has 0 aromatic carbocycles. The SMILES string of the molecule is CC1(C(=O)NC2CCSCC2)CCCC1N. The lowest BCUT2D eigenvalue weighted by molar-refractivity contribution is -0.131. The van der Waals surface area contributed by atoms with Gasteiger partial charge in [0.05, 0.1) is 5.41 Å². The Hall–Kier alpha value is -0.220. The molecular weight excluding hydrogens is 220 g/mol. The average Bonchev–Trinajstić information content (AvgIpc) is 2.62. The Morgan fingerprint density at radius 3 is 2.62 bits per heavy atom. The van der Waals surface area contributed by atoms with Gasteiger partial charge in [-0.15, -0.1) is 0 Å². The second kappa shape index (κ2) is 4.96. The molecule has 0 spiro atoms. The summed E-state index contributed by atoms with van der Waals surface area (Å²) < 4.78 is 0. The Morgan fingerprint density at radius 1 is 1.38 bits per heavy atom. The fourth-order valence-electron chi connectivity index (χ4n) is 2.67. The molecule has 0 radical (unpaired) electrons. The summed E-state index contributed by atoms with van der Waals surface area (Å²) in [5.41, 5.74) is 5.74. The summed E-state index contributed by atoms with van der Waals surface area (Å²) in [5, 5.41) is 3.20. The molecule has 0 bridgehead atoms. The number of hydrogen-bond acceptors (Lipinski definition) is 3. The highest BCUT2D eigenvalue weighted by Gasteiger charge is 2.43. The van der Waals surface area contributed by atoms with Crippen LogP contribution in [0.25, 0.3) is 0 Å². The standard InChI is InChI=1S/C12H22N2OS/c1-12(6-2-3-10(12)13)11(15)14-9-4-7-16-8-5-9/h9-10H,2-8,13H2,1H3,(H,14,15). The van der Waals surface area contributed by atoms with Crippen molar-refractivity contribution in [2.75, 3.05) is 11.5 Å². The summed E-state index contributed by atoms with van der Waals surface area (Å²) in [6.07, 6.45) is 5.25. The maximum atomic E-state index is 12.2. The van der Waals surface area contributed by atoms with E-state index in [1.807, 2.05) is 18.7 Å². The van der Waals surface area contributed by atoms with E-state index < -0.39 is 0 Å². The number of amides is 1. The summed E-state index contributed by atoms with van der Waals surface area (Å²) in [4.78, 5) is 12.2. The maximum Gasteiger partial charge on any atom is 0.227 e. The Morgan fingerprint density at radius 2 is 2.06 bits per heavy atom. The zero-order valence-electron chi connectivity index (χ0n) is 10.00. The van der Waals surface area contributed by atoms with Gasteiger partial charge in [-0.2, -0.15) is 11.8 Å². The van der Waals surface area contributed by atoms with Crippen LogP contribution in [0.1, 0.15) is 39.0 Å². The van der Waals surface area contributed by atoms with Crippen molar-refractivity contribution >= 4 is 17.7 Å². The fourth-order valence-corrected chi connectivity index (χ4v) is 3.77. The molecule has 92 valence electrons. The van der Waals surface area contributed by atoms with Crippen LogP contribution in [-0.2, 0) is 4.79 Å². The molecule has 3 N–H and O–H groups in total. The van der Waals surface area contributed by atoms with Gasteiger partial charge in [0, 0.05) is 12.1 Å². The fraction of sp³-hybridized carbons (Fsp3) is 0.917. The lowest BCUT2D eigenvalue weighted by atomic mass is 9.84. The van der Waals surface area contributed by atoms with E-state index in [4.69, 9.17) is 5.73 Å². The normalized spacial score (nSPS) is 36.2. The van der Waals surface area contributed by atoms with Gasteiger partial charge in [-0.3, -0.25) is 4.79 Å². The number of hydrogen-bond donors (Lipinski definition) is 2. The second-order valence-electron chi connectivity index (χ2n) is 5.28. The van der Waals surface area contributed by atoms with Crippen LogP contribution in [-0.4, -0.2) is 29.5 Å². The summed E-state index contributed by atoms with van der Waals surface area (Å²) >= 11 is 1.98. The Kier molecular flexibility index (Phi) is 3.80. The zero-order valence-corrected chi connectivity index (χ0v) is 10.8. The summed E-state index contributed by atoms with van der Waals surface area (Å²) in [6.45, 7) is 2.03. The van der Waals surface area contributed by atoms with Crippen LogP contribution in [0.5, 0.6) is 0 Å². The van der Waals surface area contributed by atoms with Gasteiger partial charge >= 0.3 is 0 Å². The van der Waals surface area contributed by atoms with Crippen LogP contribution >= 0.6 is 11.8 Å². The van der Waals surface area contributed by atoms with E-state index in [1.165, 1.54) is 11.5 Å². The predicted molar refractivity (Wildman–Crippen MR) is 68.4 cm³/mol. The molecule has 4 heteroatoms. The van der Waals surface area contributed by atoms with E-state index in [0.717, 1.165) is 32.1 Å². The molecule has 2 aliphatic rings. The Balaban J connectivity index is 1.91. The third-order valence-corrected chi connectivity index (χ3v) is 5.15. The van der Waals surface area contributed by atoms with Crippen molar-refractivity contribution in [3.8, 4) is 0 Å². The molecule has 1 amide bonds. The zero-order chi connectivity index (χ0) is 11.6. The lowest BCUT2D eigenvalue weighted by Crippen LogP contribution is -2.50. The van der Waals surface area contributed by atoms with E-state index in [-0.39, 0.29) is 17.4 Å². The second-order valence-corrected chi connectivity index (χ2v) is 6.50. The molecule has 1 saturated carbocycles. The Labute approximate surface area is 102 Å². The van der Waals surface area contributed by atoms with Crippen molar-refractivity contribution in [1.29, 1.82) is 0 Å². The minimum absolute atomic E-state index is 0.0467. The molecule has 2 rings (SSSR count). The molecule has 2 atom stereocenters. The summed E-state index contributed by atoms with van der Waals surface area (Å²) in [5.74, 6) is 2.54. The smallest absolute Gasteiger partial charge is 0.227 e. The molecule has 1 saturated heterocycles. The Bertz CT molecular complexity index is 266. The van der Waals surface area contributed by atoms with Crippen molar-refractivity contribution in [2.24, 2.45) is 11.1 Å². The minimum atomic E-state index is -0.315. The molecule has 1 heterocycles. The van der Waals surface area contributed by atoms with Crippen LogP contribution in [0, 0.1) is 5.41 Å². The molecule has 1 aliphatic heterocycles. The maximum absolute atomic E-state index is 12.2. The van der Waals surface area contributed by atoms with Gasteiger partial charge < -0.3 is 11.1 Å². The molecule has 0 aromatic heterocycles. The van der Waals surface area contributed by atoms with Crippen molar-refractivity contribution in [1.82, 2.24) is 5.32 Å². The van der Waals surface area contributed by atoms with Crippen molar-refractivity contribution in [3.63, 3.8) is 0 Å². The molecule has 1 aliphatic carbocycles. The van der Waals surface area contributed by atoms with Crippen molar-refractivity contribution in [2.45, 2.75) is 51.1 Å². The molecule has 16 heavy (non-hydrogen) atoms. The van der Waals surface area contributed by atoms with Gasteiger partial charge in [0.25, 0.3) is 0 Å². The first kappa shape index (κ1) is 12.2. The van der Waals surface area contributed by atoms with E-state index in [9.17, 15) is 4.79 Å². The van der Waals surface area contributed by atoms with E-state index in [0.29, 0.717) is 6.04 Å². The summed E-state index contributed by atoms with van der Waals surface area (Å²) in [7, 11) is 0. The van der Waals surface area contributed by atoms with Gasteiger partial charge in [0.1, 0.15) is 0 Å². The minimum Gasteiger partial charge on any atom is -0.353 e. The van der Waals surface area contributed by atoms with Gasteiger partial charge in [-0.1, -0.05) is 6.42 Å². The molecular formula is C12H22N2OS. The van der Waals surface area contributed by atoms with E-state index >= 15 is 0 Å². The predicted octanol–water partition coefficient (Wildman–Crippen LogP) is 1.52. The van der Waals surface area contributed by atoms with Crippen LogP contribution < -0.4 is 11.1 Å². The van der Waals surface area contributed by atoms with Crippen LogP contribution in [0.2, 0.25) is 0 Å². The van der Waals surface area contributed by atoms with Gasteiger partial charge in [-0.25, -0.2) is 0 Å². The molecule has 2 unspecified atom stereocenters. The highest BCUT2D eigenvalue weighted by atomic mass is 32.2. The summed E-state index contributed by atoms with van der Waals surface area (Å²) in [6, 6.07) is 0.434. The van der Waals surface area contributed by atoms with E-state index in [2.05, 4.69) is 5.32 Å². The number of carbonyl (C=O) groups excluding carboxylic acids is 1. The third kappa shape index (κ3) is 2.38. The highest BCUT2D eigenvalue weighted by molar-refractivity contribution is 7.99. The first-order chi connectivity index (χ1) is 7.63. The van der Waals surface area contributed by atoms with Gasteiger partial charge in [0.2, 0.25) is 5.91 Å². The number of nitrogens with one attached hydrogen (secondary N) is 1. The first-order valence-electron chi connectivity index (χ1n) is 6.27. The van der Waals surface area contributed by atoms with Crippen molar-refractivity contribution in [3.05, 3.63) is 0 Å². The van der Waals surface area contributed by atoms with E-state index in [1.54, 1.807) is 0 Å². The molecule has 3 nitrogen and oxygen atoms in total. The monoisotopic (exact) mass is 242 g/mol. The highest BCUT2D eigenvalue weighted by Crippen LogP contribution is 2.37. The van der Waals surface area contributed by atoms with Crippen LogP contribution in [0.4, 0.5) is 0 Å². The number of rotatable bonds is 2. The molecule has 2 fully saturated rings. The number of nitrogens with two attached hydrogens (primary N) is 1. The lowest BCUT2D eigenvalue weighted by Gasteiger charge is -2.31. The van der Waals surface area contributed by atoms with Gasteiger partial charge in [-0.05, 0) is 44.1 Å². The number of carbonyl (C=O) groups is 1. The van der Waals surface area contributed by atoms with Gasteiger partial charge in [0.15, 0.2) is 0 Å². The third-order valence-electron chi connectivity index (χ3n) is 4.10. The quantitative estimate of drug-likeness (QED) is 0.772. The largest absolute Gasteiger partial charge is 0.353 e. The first-order valence-corrected chi connectivity index (χ1v) is 7.43. The topological polar surface area (TPSA) is 55.1 Å². The molecule has 0 aromatic rings. The number of thioether (sulfide) groups is 1. The van der Waals surface area contributed by atoms with Crippen LogP contribution in [0.15, 0.2) is 0 Å². The van der Waals surface area contributed by atoms with Crippen molar-refractivity contribution < 1.29 is 4.79 Å². The van der Waals surface area contributed by atoms with Crippen LogP contribution in [0.3, 0.4) is 0 Å².